The number of likely N-dealkylation sites (tertiary alicyclic amines) is 1. The van der Waals surface area contributed by atoms with E-state index in [1.807, 2.05) is 48.5 Å². The maximum Gasteiger partial charge on any atom is 0.410 e. The quantitative estimate of drug-likeness (QED) is 0.476. The minimum Gasteiger partial charge on any atom is -0.448 e. The van der Waals surface area contributed by atoms with Crippen molar-refractivity contribution in [3.8, 4) is 11.1 Å². The summed E-state index contributed by atoms with van der Waals surface area (Å²) in [5.74, 6) is -6.81. The molecule has 3 aliphatic rings. The maximum atomic E-state index is 14.4. The summed E-state index contributed by atoms with van der Waals surface area (Å²) in [6, 6.07) is 19.4. The number of imide groups is 1. The van der Waals surface area contributed by atoms with Gasteiger partial charge in [-0.05, 0) is 34.4 Å². The highest BCUT2D eigenvalue weighted by Crippen LogP contribution is 2.44. The fourth-order valence-electron chi connectivity index (χ4n) is 5.30. The van der Waals surface area contributed by atoms with Crippen LogP contribution in [0.25, 0.3) is 11.1 Å². The largest absolute Gasteiger partial charge is 0.448 e. The summed E-state index contributed by atoms with van der Waals surface area (Å²) in [6.45, 7) is -1.19. The van der Waals surface area contributed by atoms with Gasteiger partial charge in [0.05, 0.1) is 17.7 Å². The Morgan fingerprint density at radius 1 is 0.816 bits per heavy atom. The van der Waals surface area contributed by atoms with Crippen molar-refractivity contribution in [2.75, 3.05) is 13.2 Å². The van der Waals surface area contributed by atoms with Crippen molar-refractivity contribution >= 4 is 23.9 Å². The molecule has 1 atom stereocenters. The van der Waals surface area contributed by atoms with Crippen LogP contribution in [0, 0.1) is 0 Å². The molecule has 3 amide bonds. The fourth-order valence-corrected chi connectivity index (χ4v) is 5.30. The third-order valence-corrected chi connectivity index (χ3v) is 7.05. The SMILES string of the molecule is O=C(ON1C(=O)c2ccccc2C1=O)[C@H]1CC(F)(F)CN1C(=O)OCC1c2ccccc2-c2ccccc21. The summed E-state index contributed by atoms with van der Waals surface area (Å²) < 4.78 is 34.2. The lowest BCUT2D eigenvalue weighted by Crippen LogP contribution is -2.45. The van der Waals surface area contributed by atoms with Crippen LogP contribution in [0.5, 0.6) is 0 Å². The van der Waals surface area contributed by atoms with Crippen molar-refractivity contribution in [2.24, 2.45) is 0 Å². The molecule has 0 aromatic heterocycles. The van der Waals surface area contributed by atoms with E-state index in [1.54, 1.807) is 0 Å². The molecular formula is C28H20F2N2O6. The van der Waals surface area contributed by atoms with Crippen LogP contribution in [0.15, 0.2) is 72.8 Å². The minimum absolute atomic E-state index is 0.0236. The summed E-state index contributed by atoms with van der Waals surface area (Å²) in [6.07, 6.45) is -2.15. The summed E-state index contributed by atoms with van der Waals surface area (Å²) in [5, 5.41) is 0.235. The zero-order valence-corrected chi connectivity index (χ0v) is 19.8. The van der Waals surface area contributed by atoms with Crippen molar-refractivity contribution in [2.45, 2.75) is 24.3 Å². The van der Waals surface area contributed by atoms with E-state index in [0.29, 0.717) is 4.90 Å². The number of benzene rings is 3. The molecule has 8 nitrogen and oxygen atoms in total. The first kappa shape index (κ1) is 23.8. The summed E-state index contributed by atoms with van der Waals surface area (Å²) >= 11 is 0. The Hall–Kier alpha value is -4.60. The van der Waals surface area contributed by atoms with Gasteiger partial charge in [-0.25, -0.2) is 18.4 Å². The van der Waals surface area contributed by atoms with E-state index < -0.39 is 48.8 Å². The predicted octanol–water partition coefficient (Wildman–Crippen LogP) is 4.40. The van der Waals surface area contributed by atoms with Gasteiger partial charge in [0.1, 0.15) is 12.6 Å². The normalized spacial score (nSPS) is 19.3. The van der Waals surface area contributed by atoms with Gasteiger partial charge in [0.15, 0.2) is 0 Å². The van der Waals surface area contributed by atoms with Gasteiger partial charge in [0, 0.05) is 12.3 Å². The van der Waals surface area contributed by atoms with Crippen LogP contribution < -0.4 is 0 Å². The molecule has 2 aliphatic heterocycles. The molecule has 0 saturated carbocycles. The van der Waals surface area contributed by atoms with E-state index in [2.05, 4.69) is 0 Å². The number of ether oxygens (including phenoxy) is 1. The van der Waals surface area contributed by atoms with E-state index in [0.717, 1.165) is 22.3 Å². The van der Waals surface area contributed by atoms with Gasteiger partial charge in [0.25, 0.3) is 17.7 Å². The molecule has 0 unspecified atom stereocenters. The lowest BCUT2D eigenvalue weighted by atomic mass is 9.98. The second-order valence-electron chi connectivity index (χ2n) is 9.37. The first-order chi connectivity index (χ1) is 18.2. The van der Waals surface area contributed by atoms with Crippen LogP contribution in [0.2, 0.25) is 0 Å². The zero-order chi connectivity index (χ0) is 26.6. The van der Waals surface area contributed by atoms with Gasteiger partial charge < -0.3 is 9.57 Å². The Balaban J connectivity index is 1.18. The number of carbonyl (C=O) groups is 4. The number of halogens is 2. The highest BCUT2D eigenvalue weighted by molar-refractivity contribution is 6.21. The molecule has 0 radical (unpaired) electrons. The van der Waals surface area contributed by atoms with Gasteiger partial charge in [-0.1, -0.05) is 65.7 Å². The molecule has 38 heavy (non-hydrogen) atoms. The molecule has 192 valence electrons. The van der Waals surface area contributed by atoms with Crippen LogP contribution in [-0.2, 0) is 14.4 Å². The average Bonchev–Trinajstić information content (AvgIpc) is 3.51. The maximum absolute atomic E-state index is 14.4. The Morgan fingerprint density at radius 3 is 1.87 bits per heavy atom. The number of carbonyl (C=O) groups excluding carboxylic acids is 4. The van der Waals surface area contributed by atoms with Gasteiger partial charge in [-0.2, -0.15) is 0 Å². The number of nitrogens with zero attached hydrogens (tertiary/aromatic N) is 2. The minimum atomic E-state index is -3.39. The highest BCUT2D eigenvalue weighted by atomic mass is 19.3. The van der Waals surface area contributed by atoms with Crippen molar-refractivity contribution < 1.29 is 37.5 Å². The number of hydrogen-bond acceptors (Lipinski definition) is 6. The van der Waals surface area contributed by atoms with Crippen molar-refractivity contribution in [1.29, 1.82) is 0 Å². The van der Waals surface area contributed by atoms with Gasteiger partial charge in [-0.3, -0.25) is 14.5 Å². The second kappa shape index (κ2) is 8.76. The van der Waals surface area contributed by atoms with E-state index in [1.165, 1.54) is 24.3 Å². The smallest absolute Gasteiger partial charge is 0.410 e. The average molecular weight is 518 g/mol. The highest BCUT2D eigenvalue weighted by Gasteiger charge is 2.53. The molecule has 0 N–H and O–H groups in total. The molecule has 1 aliphatic carbocycles. The molecule has 10 heteroatoms. The van der Waals surface area contributed by atoms with Crippen LogP contribution in [0.4, 0.5) is 13.6 Å². The number of rotatable bonds is 4. The molecule has 1 fully saturated rings. The van der Waals surface area contributed by atoms with E-state index in [9.17, 15) is 28.0 Å². The van der Waals surface area contributed by atoms with Crippen molar-refractivity contribution in [1.82, 2.24) is 9.96 Å². The number of hydrogen-bond donors (Lipinski definition) is 0. The van der Waals surface area contributed by atoms with Crippen LogP contribution in [0.1, 0.15) is 44.2 Å². The standard InChI is InChI=1S/C28H20F2N2O6/c29-28(30)13-23(26(35)38-32-24(33)20-11-5-6-12-21(20)25(32)34)31(15-28)27(36)37-14-22-18-9-3-1-7-16(18)17-8-2-4-10-19(17)22/h1-12,22-23H,13-15H2/t23-/m1/s1. The fraction of sp³-hybridized carbons (Fsp3) is 0.214. The number of hydroxylamine groups is 2. The van der Waals surface area contributed by atoms with E-state index in [4.69, 9.17) is 9.57 Å². The Bertz CT molecular complexity index is 1430. The first-order valence-corrected chi connectivity index (χ1v) is 11.9. The Kier molecular flexibility index (Phi) is 5.48. The van der Waals surface area contributed by atoms with Crippen LogP contribution >= 0.6 is 0 Å². The predicted molar refractivity (Wildman–Crippen MR) is 128 cm³/mol. The van der Waals surface area contributed by atoms with Gasteiger partial charge in [0.2, 0.25) is 0 Å². The topological polar surface area (TPSA) is 93.2 Å². The molecule has 1 saturated heterocycles. The molecule has 0 bridgehead atoms. The van der Waals surface area contributed by atoms with E-state index in [-0.39, 0.29) is 28.7 Å². The first-order valence-electron chi connectivity index (χ1n) is 11.9. The van der Waals surface area contributed by atoms with Crippen LogP contribution in [0.3, 0.4) is 0 Å². The van der Waals surface area contributed by atoms with Crippen LogP contribution in [-0.4, -0.2) is 59.0 Å². The molecular weight excluding hydrogens is 498 g/mol. The van der Waals surface area contributed by atoms with Gasteiger partial charge >= 0.3 is 12.1 Å². The summed E-state index contributed by atoms with van der Waals surface area (Å²) in [5.41, 5.74) is 3.93. The molecule has 0 spiro atoms. The Labute approximate surface area is 215 Å². The van der Waals surface area contributed by atoms with Crippen molar-refractivity contribution in [3.63, 3.8) is 0 Å². The summed E-state index contributed by atoms with van der Waals surface area (Å²) in [7, 11) is 0. The third kappa shape index (κ3) is 3.80. The zero-order valence-electron chi connectivity index (χ0n) is 19.8. The monoisotopic (exact) mass is 518 g/mol. The van der Waals surface area contributed by atoms with Crippen molar-refractivity contribution in [3.05, 3.63) is 95.1 Å². The second-order valence-corrected chi connectivity index (χ2v) is 9.37. The lowest BCUT2D eigenvalue weighted by molar-refractivity contribution is -0.173. The number of alkyl halides is 2. The molecule has 3 aromatic carbocycles. The molecule has 2 heterocycles. The Morgan fingerprint density at radius 2 is 1.32 bits per heavy atom. The molecule has 3 aromatic rings. The van der Waals surface area contributed by atoms with Gasteiger partial charge in [-0.15, -0.1) is 0 Å². The van der Waals surface area contributed by atoms with E-state index >= 15 is 0 Å². The molecule has 6 rings (SSSR count). The third-order valence-electron chi connectivity index (χ3n) is 7.05. The number of amides is 3. The lowest BCUT2D eigenvalue weighted by Gasteiger charge is -2.24. The summed E-state index contributed by atoms with van der Waals surface area (Å²) in [4.78, 5) is 56.5. The number of fused-ring (bicyclic) bond motifs is 4.